The molecule has 2 amide bonds. The second-order valence-electron chi connectivity index (χ2n) is 7.33. The summed E-state index contributed by atoms with van der Waals surface area (Å²) in [6, 6.07) is 0. The predicted octanol–water partition coefficient (Wildman–Crippen LogP) is 2.50. The second-order valence-corrected chi connectivity index (χ2v) is 7.33. The Morgan fingerprint density at radius 1 is 1.05 bits per heavy atom. The number of carbonyl (C=O) groups is 2. The molecule has 2 aliphatic heterocycles. The van der Waals surface area contributed by atoms with Crippen LogP contribution in [0.1, 0.15) is 47.0 Å². The molecule has 0 saturated carbocycles. The Morgan fingerprint density at radius 2 is 1.67 bits per heavy atom. The first-order valence-corrected chi connectivity index (χ1v) is 8.04. The van der Waals surface area contributed by atoms with E-state index >= 15 is 0 Å². The summed E-state index contributed by atoms with van der Waals surface area (Å²) in [5.41, 5.74) is -0.491. The largest absolute Gasteiger partial charge is 0.444 e. The first kappa shape index (κ1) is 16.1. The van der Waals surface area contributed by atoms with Gasteiger partial charge in [-0.15, -0.1) is 0 Å². The van der Waals surface area contributed by atoms with Gasteiger partial charge in [-0.05, 0) is 46.0 Å². The van der Waals surface area contributed by atoms with E-state index in [0.29, 0.717) is 19.0 Å². The number of carbonyl (C=O) groups excluding carboxylic acids is 2. The number of hydrogen-bond donors (Lipinski definition) is 0. The Morgan fingerprint density at radius 3 is 2.24 bits per heavy atom. The number of rotatable bonds is 1. The zero-order valence-corrected chi connectivity index (χ0v) is 13.7. The van der Waals surface area contributed by atoms with Crippen LogP contribution in [0.5, 0.6) is 0 Å². The van der Waals surface area contributed by atoms with Gasteiger partial charge in [-0.2, -0.15) is 0 Å². The van der Waals surface area contributed by atoms with Crippen LogP contribution in [0.4, 0.5) is 4.79 Å². The highest BCUT2D eigenvalue weighted by Gasteiger charge is 2.37. The lowest BCUT2D eigenvalue weighted by Crippen LogP contribution is -2.50. The first-order chi connectivity index (χ1) is 9.78. The van der Waals surface area contributed by atoms with Crippen molar-refractivity contribution in [1.82, 2.24) is 9.80 Å². The Labute approximate surface area is 127 Å². The molecular weight excluding hydrogens is 268 g/mol. The van der Waals surface area contributed by atoms with Crippen molar-refractivity contribution in [2.24, 2.45) is 11.8 Å². The Bertz CT molecular complexity index is 397. The summed E-state index contributed by atoms with van der Waals surface area (Å²) in [5, 5.41) is 0. The Hall–Kier alpha value is -1.26. The van der Waals surface area contributed by atoms with E-state index in [9.17, 15) is 9.59 Å². The Kier molecular flexibility index (Phi) is 4.79. The van der Waals surface area contributed by atoms with Crippen LogP contribution in [-0.4, -0.2) is 53.6 Å². The lowest BCUT2D eigenvalue weighted by atomic mass is 9.86. The summed E-state index contributed by atoms with van der Waals surface area (Å²) in [6.07, 6.45) is 2.77. The summed E-state index contributed by atoms with van der Waals surface area (Å²) in [4.78, 5) is 28.5. The van der Waals surface area contributed by atoms with E-state index in [2.05, 4.69) is 6.92 Å². The molecule has 5 nitrogen and oxygen atoms in total. The molecule has 0 aliphatic carbocycles. The van der Waals surface area contributed by atoms with E-state index in [1.807, 2.05) is 25.7 Å². The van der Waals surface area contributed by atoms with Crippen LogP contribution in [0.2, 0.25) is 0 Å². The van der Waals surface area contributed by atoms with Crippen molar-refractivity contribution in [2.45, 2.75) is 52.6 Å². The van der Waals surface area contributed by atoms with Gasteiger partial charge in [0.25, 0.3) is 0 Å². The highest BCUT2D eigenvalue weighted by Crippen LogP contribution is 2.27. The number of ether oxygens (including phenoxy) is 1. The van der Waals surface area contributed by atoms with Crippen LogP contribution < -0.4 is 0 Å². The van der Waals surface area contributed by atoms with E-state index in [1.54, 1.807) is 4.90 Å². The lowest BCUT2D eigenvalue weighted by Gasteiger charge is -2.38. The first-order valence-electron chi connectivity index (χ1n) is 8.04. The highest BCUT2D eigenvalue weighted by molar-refractivity contribution is 5.80. The van der Waals surface area contributed by atoms with Gasteiger partial charge >= 0.3 is 6.09 Å². The SMILES string of the molecule is C[C@H]1CCN(C(=O)OC(C)(C)C)C[C@H]1C(=O)N1CCCC1. The molecule has 2 fully saturated rings. The highest BCUT2D eigenvalue weighted by atomic mass is 16.6. The van der Waals surface area contributed by atoms with Gasteiger partial charge in [0, 0.05) is 26.2 Å². The van der Waals surface area contributed by atoms with Gasteiger partial charge in [0.05, 0.1) is 5.92 Å². The average molecular weight is 296 g/mol. The van der Waals surface area contributed by atoms with Gasteiger partial charge in [0.2, 0.25) is 5.91 Å². The molecule has 0 aromatic rings. The minimum Gasteiger partial charge on any atom is -0.444 e. The molecule has 0 unspecified atom stereocenters. The smallest absolute Gasteiger partial charge is 0.410 e. The molecule has 2 heterocycles. The van der Waals surface area contributed by atoms with Crippen molar-refractivity contribution in [1.29, 1.82) is 0 Å². The van der Waals surface area contributed by atoms with Gasteiger partial charge < -0.3 is 14.5 Å². The number of likely N-dealkylation sites (tertiary alicyclic amines) is 2. The number of nitrogens with zero attached hydrogens (tertiary/aromatic N) is 2. The van der Waals surface area contributed by atoms with Crippen LogP contribution in [0.15, 0.2) is 0 Å². The minimum absolute atomic E-state index is 0.0793. The molecule has 5 heteroatoms. The van der Waals surface area contributed by atoms with Crippen molar-refractivity contribution < 1.29 is 14.3 Å². The molecule has 0 bridgehead atoms. The molecule has 0 aromatic carbocycles. The zero-order chi connectivity index (χ0) is 15.6. The van der Waals surface area contributed by atoms with E-state index < -0.39 is 5.60 Å². The number of piperidine rings is 1. The molecule has 21 heavy (non-hydrogen) atoms. The van der Waals surface area contributed by atoms with E-state index in [0.717, 1.165) is 32.4 Å². The molecule has 120 valence electrons. The second kappa shape index (κ2) is 6.24. The quantitative estimate of drug-likeness (QED) is 0.747. The van der Waals surface area contributed by atoms with Crippen LogP contribution in [0.25, 0.3) is 0 Å². The van der Waals surface area contributed by atoms with Crippen LogP contribution in [0.3, 0.4) is 0 Å². The van der Waals surface area contributed by atoms with E-state index in [1.165, 1.54) is 0 Å². The fourth-order valence-electron chi connectivity index (χ4n) is 3.06. The summed E-state index contributed by atoms with van der Waals surface area (Å²) >= 11 is 0. The topological polar surface area (TPSA) is 49.9 Å². The van der Waals surface area contributed by atoms with Gasteiger partial charge in [-0.25, -0.2) is 4.79 Å². The maximum atomic E-state index is 12.6. The third kappa shape index (κ3) is 4.11. The van der Waals surface area contributed by atoms with Crippen molar-refractivity contribution >= 4 is 12.0 Å². The normalized spacial score (nSPS) is 26.9. The average Bonchev–Trinajstić information content (AvgIpc) is 2.90. The molecule has 2 saturated heterocycles. The van der Waals surface area contributed by atoms with Crippen molar-refractivity contribution in [2.75, 3.05) is 26.2 Å². The van der Waals surface area contributed by atoms with Gasteiger partial charge in [0.15, 0.2) is 0 Å². The molecule has 0 spiro atoms. The maximum absolute atomic E-state index is 12.6. The van der Waals surface area contributed by atoms with Gasteiger partial charge in [0.1, 0.15) is 5.60 Å². The fraction of sp³-hybridized carbons (Fsp3) is 0.875. The fourth-order valence-corrected chi connectivity index (χ4v) is 3.06. The van der Waals surface area contributed by atoms with Crippen molar-refractivity contribution in [3.63, 3.8) is 0 Å². The van der Waals surface area contributed by atoms with Crippen LogP contribution in [0, 0.1) is 11.8 Å². The van der Waals surface area contributed by atoms with Gasteiger partial charge in [-0.1, -0.05) is 6.92 Å². The summed E-state index contributed by atoms with van der Waals surface area (Å²) < 4.78 is 5.43. The zero-order valence-electron chi connectivity index (χ0n) is 13.7. The lowest BCUT2D eigenvalue weighted by molar-refractivity contribution is -0.138. The molecule has 2 rings (SSSR count). The summed E-state index contributed by atoms with van der Waals surface area (Å²) in [7, 11) is 0. The third-order valence-corrected chi connectivity index (χ3v) is 4.34. The summed E-state index contributed by atoms with van der Waals surface area (Å²) in [5.74, 6) is 0.467. The standard InChI is InChI=1S/C16H28N2O3/c1-12-7-10-18(15(20)21-16(2,3)4)11-13(12)14(19)17-8-5-6-9-17/h12-13H,5-11H2,1-4H3/t12-,13+/m0/s1. The van der Waals surface area contributed by atoms with Crippen LogP contribution >= 0.6 is 0 Å². The molecule has 2 aliphatic rings. The minimum atomic E-state index is -0.491. The predicted molar refractivity (Wildman–Crippen MR) is 80.9 cm³/mol. The molecular formula is C16H28N2O3. The molecule has 0 N–H and O–H groups in total. The monoisotopic (exact) mass is 296 g/mol. The Balaban J connectivity index is 1.98. The number of hydrogen-bond acceptors (Lipinski definition) is 3. The third-order valence-electron chi connectivity index (χ3n) is 4.34. The molecule has 0 radical (unpaired) electrons. The molecule has 0 aromatic heterocycles. The van der Waals surface area contributed by atoms with E-state index in [4.69, 9.17) is 4.74 Å². The summed E-state index contributed by atoms with van der Waals surface area (Å²) in [6.45, 7) is 10.6. The van der Waals surface area contributed by atoms with Crippen LogP contribution in [-0.2, 0) is 9.53 Å². The van der Waals surface area contributed by atoms with Crippen molar-refractivity contribution in [3.05, 3.63) is 0 Å². The van der Waals surface area contributed by atoms with Crippen molar-refractivity contribution in [3.8, 4) is 0 Å². The van der Waals surface area contributed by atoms with Gasteiger partial charge in [-0.3, -0.25) is 4.79 Å². The molecule has 2 atom stereocenters. The number of amides is 2. The maximum Gasteiger partial charge on any atom is 0.410 e. The van der Waals surface area contributed by atoms with E-state index in [-0.39, 0.29) is 17.9 Å².